The number of piperidine rings is 1. The number of rotatable bonds is 4. The summed E-state index contributed by atoms with van der Waals surface area (Å²) in [5.74, 6) is 0.584. The van der Waals surface area contributed by atoms with E-state index in [9.17, 15) is 4.79 Å². The maximum absolute atomic E-state index is 12.3. The van der Waals surface area contributed by atoms with Crippen LogP contribution in [0, 0.1) is 5.92 Å². The molecular weight excluding hydrogens is 252 g/mol. The van der Waals surface area contributed by atoms with E-state index in [1.807, 2.05) is 10.8 Å². The quantitative estimate of drug-likeness (QED) is 0.875. The molecule has 5 heteroatoms. The van der Waals surface area contributed by atoms with Crippen molar-refractivity contribution in [1.29, 1.82) is 0 Å². The van der Waals surface area contributed by atoms with Gasteiger partial charge in [-0.2, -0.15) is 0 Å². The second kappa shape index (κ2) is 5.48. The summed E-state index contributed by atoms with van der Waals surface area (Å²) in [6.45, 7) is 3.01. The molecule has 3 N–H and O–H groups in total. The topological polar surface area (TPSA) is 63.3 Å². The Labute approximate surface area is 120 Å². The van der Waals surface area contributed by atoms with Crippen LogP contribution in [-0.2, 0) is 0 Å². The summed E-state index contributed by atoms with van der Waals surface area (Å²) in [4.78, 5) is 14.7. The standard InChI is InChI=1S/C15H24N4O/c1-18-6-2-3-11(9-18)8-17-15(20)14-7-12(16)10-19(14)13-4-5-13/h7,10-11,13H,2-6,8-9,16H2,1H3,(H,17,20). The Morgan fingerprint density at radius 2 is 2.25 bits per heavy atom. The van der Waals surface area contributed by atoms with Gasteiger partial charge in [-0.25, -0.2) is 0 Å². The third-order valence-corrected chi connectivity index (χ3v) is 4.32. The van der Waals surface area contributed by atoms with Crippen LogP contribution in [0.5, 0.6) is 0 Å². The number of hydrogen-bond acceptors (Lipinski definition) is 3. The number of aromatic nitrogens is 1. The largest absolute Gasteiger partial charge is 0.397 e. The van der Waals surface area contributed by atoms with Crippen LogP contribution in [0.15, 0.2) is 12.3 Å². The Hall–Kier alpha value is -1.49. The number of nitrogens with two attached hydrogens (primary N) is 1. The summed E-state index contributed by atoms with van der Waals surface area (Å²) >= 11 is 0. The molecule has 3 rings (SSSR count). The minimum absolute atomic E-state index is 0.0156. The summed E-state index contributed by atoms with van der Waals surface area (Å²) in [6.07, 6.45) is 6.63. The first kappa shape index (κ1) is 13.5. The van der Waals surface area contributed by atoms with E-state index in [0.29, 0.717) is 23.3 Å². The zero-order valence-corrected chi connectivity index (χ0v) is 12.1. The van der Waals surface area contributed by atoms with E-state index in [0.717, 1.165) is 25.9 Å². The van der Waals surface area contributed by atoms with Crippen LogP contribution >= 0.6 is 0 Å². The summed E-state index contributed by atoms with van der Waals surface area (Å²) < 4.78 is 2.04. The number of nitrogen functional groups attached to an aromatic ring is 1. The number of hydrogen-bond donors (Lipinski definition) is 2. The monoisotopic (exact) mass is 276 g/mol. The molecular formula is C15H24N4O. The Morgan fingerprint density at radius 3 is 2.95 bits per heavy atom. The van der Waals surface area contributed by atoms with Crippen molar-refractivity contribution in [2.45, 2.75) is 31.7 Å². The molecule has 110 valence electrons. The first-order chi connectivity index (χ1) is 9.63. The van der Waals surface area contributed by atoms with Gasteiger partial charge in [0.15, 0.2) is 0 Å². The number of carbonyl (C=O) groups is 1. The minimum atomic E-state index is 0.0156. The molecule has 1 aromatic heterocycles. The number of amides is 1. The van der Waals surface area contributed by atoms with Gasteiger partial charge < -0.3 is 20.5 Å². The average molecular weight is 276 g/mol. The highest BCUT2D eigenvalue weighted by Crippen LogP contribution is 2.37. The Bertz CT molecular complexity index is 492. The number of nitrogens with zero attached hydrogens (tertiary/aromatic N) is 2. The Kier molecular flexibility index (Phi) is 3.70. The lowest BCUT2D eigenvalue weighted by molar-refractivity contribution is 0.0927. The lowest BCUT2D eigenvalue weighted by Crippen LogP contribution is -2.39. The maximum atomic E-state index is 12.3. The van der Waals surface area contributed by atoms with Crippen molar-refractivity contribution in [3.63, 3.8) is 0 Å². The van der Waals surface area contributed by atoms with Gasteiger partial charge in [-0.3, -0.25) is 4.79 Å². The van der Waals surface area contributed by atoms with Crippen LogP contribution < -0.4 is 11.1 Å². The summed E-state index contributed by atoms with van der Waals surface area (Å²) in [5, 5.41) is 3.08. The van der Waals surface area contributed by atoms with Crippen molar-refractivity contribution < 1.29 is 4.79 Å². The van der Waals surface area contributed by atoms with Crippen molar-refractivity contribution in [2.24, 2.45) is 5.92 Å². The lowest BCUT2D eigenvalue weighted by atomic mass is 9.98. The number of anilines is 1. The molecule has 0 aromatic carbocycles. The summed E-state index contributed by atoms with van der Waals surface area (Å²) in [7, 11) is 2.15. The van der Waals surface area contributed by atoms with E-state index in [1.54, 1.807) is 6.07 Å². The van der Waals surface area contributed by atoms with Gasteiger partial charge >= 0.3 is 0 Å². The predicted molar refractivity (Wildman–Crippen MR) is 79.7 cm³/mol. The zero-order chi connectivity index (χ0) is 14.1. The van der Waals surface area contributed by atoms with E-state index >= 15 is 0 Å². The third-order valence-electron chi connectivity index (χ3n) is 4.32. The van der Waals surface area contributed by atoms with E-state index < -0.39 is 0 Å². The smallest absolute Gasteiger partial charge is 0.268 e. The van der Waals surface area contributed by atoms with Gasteiger partial charge in [0.2, 0.25) is 0 Å². The zero-order valence-electron chi connectivity index (χ0n) is 12.1. The molecule has 1 aromatic rings. The lowest BCUT2D eigenvalue weighted by Gasteiger charge is -2.29. The second-order valence-corrected chi connectivity index (χ2v) is 6.28. The summed E-state index contributed by atoms with van der Waals surface area (Å²) in [6, 6.07) is 2.27. The van der Waals surface area contributed by atoms with Crippen LogP contribution in [0.4, 0.5) is 5.69 Å². The number of carbonyl (C=O) groups excluding carboxylic acids is 1. The van der Waals surface area contributed by atoms with Crippen molar-refractivity contribution in [3.05, 3.63) is 18.0 Å². The molecule has 1 unspecified atom stereocenters. The highest BCUT2D eigenvalue weighted by Gasteiger charge is 2.28. The Morgan fingerprint density at radius 1 is 1.45 bits per heavy atom. The fourth-order valence-corrected chi connectivity index (χ4v) is 3.10. The first-order valence-corrected chi connectivity index (χ1v) is 7.57. The fraction of sp³-hybridized carbons (Fsp3) is 0.667. The highest BCUT2D eigenvalue weighted by atomic mass is 16.1. The molecule has 0 radical (unpaired) electrons. The third kappa shape index (κ3) is 2.98. The highest BCUT2D eigenvalue weighted by molar-refractivity contribution is 5.93. The van der Waals surface area contributed by atoms with Gasteiger partial charge in [0.25, 0.3) is 5.91 Å². The molecule has 2 aliphatic rings. The van der Waals surface area contributed by atoms with E-state index in [4.69, 9.17) is 5.73 Å². The molecule has 1 aliphatic heterocycles. The van der Waals surface area contributed by atoms with Crippen LogP contribution in [0.2, 0.25) is 0 Å². The van der Waals surface area contributed by atoms with Gasteiger partial charge in [0.1, 0.15) is 5.69 Å². The van der Waals surface area contributed by atoms with Gasteiger partial charge in [-0.1, -0.05) is 0 Å². The minimum Gasteiger partial charge on any atom is -0.397 e. The van der Waals surface area contributed by atoms with Gasteiger partial charge in [-0.15, -0.1) is 0 Å². The average Bonchev–Trinajstić information content (AvgIpc) is 3.19. The van der Waals surface area contributed by atoms with Crippen molar-refractivity contribution >= 4 is 11.6 Å². The SMILES string of the molecule is CN1CCCC(CNC(=O)c2cc(N)cn2C2CC2)C1. The molecule has 20 heavy (non-hydrogen) atoms. The molecule has 5 nitrogen and oxygen atoms in total. The van der Waals surface area contributed by atoms with Crippen molar-refractivity contribution in [2.75, 3.05) is 32.4 Å². The molecule has 2 heterocycles. The maximum Gasteiger partial charge on any atom is 0.268 e. The molecule has 2 fully saturated rings. The van der Waals surface area contributed by atoms with E-state index in [2.05, 4.69) is 17.3 Å². The van der Waals surface area contributed by atoms with Crippen LogP contribution in [-0.4, -0.2) is 42.1 Å². The van der Waals surface area contributed by atoms with E-state index in [1.165, 1.54) is 19.4 Å². The Balaban J connectivity index is 1.59. The number of likely N-dealkylation sites (tertiary alicyclic amines) is 1. The van der Waals surface area contributed by atoms with Crippen LogP contribution in [0.3, 0.4) is 0 Å². The normalized spacial score (nSPS) is 23.8. The predicted octanol–water partition coefficient (Wildman–Crippen LogP) is 1.48. The number of nitrogens with one attached hydrogen (secondary N) is 1. The van der Waals surface area contributed by atoms with Crippen molar-refractivity contribution in [1.82, 2.24) is 14.8 Å². The van der Waals surface area contributed by atoms with Gasteiger partial charge in [0.05, 0.1) is 5.69 Å². The molecule has 1 saturated carbocycles. The second-order valence-electron chi connectivity index (χ2n) is 6.28. The molecule has 0 spiro atoms. The molecule has 0 bridgehead atoms. The van der Waals surface area contributed by atoms with Crippen molar-refractivity contribution in [3.8, 4) is 0 Å². The molecule has 1 aliphatic carbocycles. The molecule has 1 amide bonds. The first-order valence-electron chi connectivity index (χ1n) is 7.57. The van der Waals surface area contributed by atoms with E-state index in [-0.39, 0.29) is 5.91 Å². The molecule has 1 atom stereocenters. The summed E-state index contributed by atoms with van der Waals surface area (Å²) in [5.41, 5.74) is 7.23. The fourth-order valence-electron chi connectivity index (χ4n) is 3.10. The van der Waals surface area contributed by atoms with Gasteiger partial charge in [-0.05, 0) is 51.3 Å². The van der Waals surface area contributed by atoms with Crippen LogP contribution in [0.1, 0.15) is 42.2 Å². The van der Waals surface area contributed by atoms with Crippen LogP contribution in [0.25, 0.3) is 0 Å². The molecule has 1 saturated heterocycles. The van der Waals surface area contributed by atoms with Gasteiger partial charge in [0, 0.05) is 25.3 Å².